The van der Waals surface area contributed by atoms with E-state index in [4.69, 9.17) is 4.74 Å². The predicted octanol–water partition coefficient (Wildman–Crippen LogP) is 0.651. The number of rotatable bonds is 3. The number of carbonyl (C=O) groups excluding carboxylic acids is 1. The van der Waals surface area contributed by atoms with Crippen molar-refractivity contribution in [2.24, 2.45) is 17.8 Å². The van der Waals surface area contributed by atoms with Gasteiger partial charge in [0.05, 0.1) is 0 Å². The van der Waals surface area contributed by atoms with Gasteiger partial charge < -0.3 is 10.1 Å². The molecule has 70 valence electrons. The highest BCUT2D eigenvalue weighted by Crippen LogP contribution is 2.25. The van der Waals surface area contributed by atoms with Gasteiger partial charge in [-0.3, -0.25) is 4.79 Å². The van der Waals surface area contributed by atoms with E-state index in [-0.39, 0.29) is 11.8 Å². The van der Waals surface area contributed by atoms with Gasteiger partial charge in [-0.05, 0) is 11.8 Å². The first kappa shape index (κ1) is 9.52. The molecule has 1 aliphatic heterocycles. The summed E-state index contributed by atoms with van der Waals surface area (Å²) in [4.78, 5) is 11.1. The van der Waals surface area contributed by atoms with Crippen molar-refractivity contribution in [2.75, 3.05) is 20.3 Å². The van der Waals surface area contributed by atoms with Crippen LogP contribution in [0.1, 0.15) is 13.8 Å². The van der Waals surface area contributed by atoms with Gasteiger partial charge in [0.2, 0.25) is 5.91 Å². The molecule has 12 heavy (non-hydrogen) atoms. The Bertz CT molecular complexity index is 170. The van der Waals surface area contributed by atoms with Gasteiger partial charge in [0.1, 0.15) is 0 Å². The van der Waals surface area contributed by atoms with Crippen molar-refractivity contribution in [2.45, 2.75) is 13.8 Å². The van der Waals surface area contributed by atoms with Gasteiger partial charge in [0.15, 0.2) is 0 Å². The van der Waals surface area contributed by atoms with Crippen molar-refractivity contribution >= 4 is 5.91 Å². The lowest BCUT2D eigenvalue weighted by Crippen LogP contribution is -2.22. The largest absolute Gasteiger partial charge is 0.384 e. The Kier molecular flexibility index (Phi) is 3.09. The van der Waals surface area contributed by atoms with Crippen LogP contribution in [-0.2, 0) is 9.53 Å². The SMILES string of the molecule is COCC(C)C1CNC(=O)C1C. The van der Waals surface area contributed by atoms with Gasteiger partial charge >= 0.3 is 0 Å². The minimum atomic E-state index is 0.148. The smallest absolute Gasteiger partial charge is 0.223 e. The summed E-state index contributed by atoms with van der Waals surface area (Å²) >= 11 is 0. The van der Waals surface area contributed by atoms with E-state index in [9.17, 15) is 4.79 Å². The molecule has 1 rings (SSSR count). The maximum atomic E-state index is 11.1. The quantitative estimate of drug-likeness (QED) is 0.677. The van der Waals surface area contributed by atoms with Gasteiger partial charge in [-0.15, -0.1) is 0 Å². The summed E-state index contributed by atoms with van der Waals surface area (Å²) in [6, 6.07) is 0. The number of hydrogen-bond acceptors (Lipinski definition) is 2. The zero-order chi connectivity index (χ0) is 9.14. The summed E-state index contributed by atoms with van der Waals surface area (Å²) in [6.45, 7) is 5.67. The zero-order valence-electron chi connectivity index (χ0n) is 7.96. The van der Waals surface area contributed by atoms with Crippen molar-refractivity contribution in [1.82, 2.24) is 5.32 Å². The van der Waals surface area contributed by atoms with E-state index < -0.39 is 0 Å². The Hall–Kier alpha value is -0.570. The molecular weight excluding hydrogens is 154 g/mol. The molecule has 1 aliphatic rings. The second kappa shape index (κ2) is 3.90. The highest BCUT2D eigenvalue weighted by atomic mass is 16.5. The second-order valence-corrected chi connectivity index (χ2v) is 3.63. The van der Waals surface area contributed by atoms with E-state index in [1.54, 1.807) is 7.11 Å². The monoisotopic (exact) mass is 171 g/mol. The first-order valence-corrected chi connectivity index (χ1v) is 4.43. The van der Waals surface area contributed by atoms with E-state index >= 15 is 0 Å². The average Bonchev–Trinajstić information content (AvgIpc) is 2.34. The maximum Gasteiger partial charge on any atom is 0.223 e. The lowest BCUT2D eigenvalue weighted by molar-refractivity contribution is -0.122. The lowest BCUT2D eigenvalue weighted by Gasteiger charge is -2.19. The minimum absolute atomic E-state index is 0.148. The average molecular weight is 171 g/mol. The van der Waals surface area contributed by atoms with Crippen molar-refractivity contribution in [3.63, 3.8) is 0 Å². The summed E-state index contributed by atoms with van der Waals surface area (Å²) in [5.41, 5.74) is 0. The van der Waals surface area contributed by atoms with Crippen molar-refractivity contribution in [3.8, 4) is 0 Å². The highest BCUT2D eigenvalue weighted by molar-refractivity contribution is 5.80. The molecule has 1 heterocycles. The summed E-state index contributed by atoms with van der Waals surface area (Å²) in [5.74, 6) is 1.24. The fourth-order valence-corrected chi connectivity index (χ4v) is 1.83. The van der Waals surface area contributed by atoms with Crippen molar-refractivity contribution < 1.29 is 9.53 Å². The van der Waals surface area contributed by atoms with Gasteiger partial charge in [0.25, 0.3) is 0 Å². The Balaban J connectivity index is 2.47. The normalized spacial score (nSPS) is 31.8. The molecule has 3 unspecified atom stereocenters. The molecule has 3 nitrogen and oxygen atoms in total. The third-order valence-electron chi connectivity index (χ3n) is 2.73. The Morgan fingerprint density at radius 2 is 2.42 bits per heavy atom. The van der Waals surface area contributed by atoms with Crippen LogP contribution in [0.2, 0.25) is 0 Å². The molecule has 0 aromatic rings. The molecule has 1 N–H and O–H groups in total. The molecule has 0 bridgehead atoms. The van der Waals surface area contributed by atoms with Crippen LogP contribution in [0.15, 0.2) is 0 Å². The Morgan fingerprint density at radius 1 is 1.75 bits per heavy atom. The fraction of sp³-hybridized carbons (Fsp3) is 0.889. The Labute approximate surface area is 73.5 Å². The van der Waals surface area contributed by atoms with Crippen LogP contribution in [-0.4, -0.2) is 26.2 Å². The fourth-order valence-electron chi connectivity index (χ4n) is 1.83. The maximum absolute atomic E-state index is 11.1. The number of hydrogen-bond donors (Lipinski definition) is 1. The van der Waals surface area contributed by atoms with E-state index in [1.165, 1.54) is 0 Å². The topological polar surface area (TPSA) is 38.3 Å². The van der Waals surface area contributed by atoms with Crippen LogP contribution in [0.5, 0.6) is 0 Å². The number of nitrogens with one attached hydrogen (secondary N) is 1. The molecule has 0 aromatic carbocycles. The third-order valence-corrected chi connectivity index (χ3v) is 2.73. The van der Waals surface area contributed by atoms with Crippen LogP contribution >= 0.6 is 0 Å². The molecule has 3 atom stereocenters. The van der Waals surface area contributed by atoms with Crippen molar-refractivity contribution in [1.29, 1.82) is 0 Å². The van der Waals surface area contributed by atoms with Gasteiger partial charge in [0, 0.05) is 26.2 Å². The summed E-state index contributed by atoms with van der Waals surface area (Å²) in [5, 5.41) is 2.86. The van der Waals surface area contributed by atoms with Crippen molar-refractivity contribution in [3.05, 3.63) is 0 Å². The second-order valence-electron chi connectivity index (χ2n) is 3.63. The zero-order valence-corrected chi connectivity index (χ0v) is 7.96. The third kappa shape index (κ3) is 1.78. The first-order chi connectivity index (χ1) is 5.66. The van der Waals surface area contributed by atoms with Gasteiger partial charge in [-0.1, -0.05) is 13.8 Å². The van der Waals surface area contributed by atoms with Crippen LogP contribution in [0, 0.1) is 17.8 Å². The van der Waals surface area contributed by atoms with Gasteiger partial charge in [-0.25, -0.2) is 0 Å². The van der Waals surface area contributed by atoms with E-state index in [0.29, 0.717) is 11.8 Å². The molecule has 1 fully saturated rings. The molecule has 0 saturated carbocycles. The molecule has 0 aliphatic carbocycles. The molecule has 0 aromatic heterocycles. The number of carbonyl (C=O) groups is 1. The molecular formula is C9H17NO2. The molecule has 1 amide bonds. The van der Waals surface area contributed by atoms with Gasteiger partial charge in [-0.2, -0.15) is 0 Å². The van der Waals surface area contributed by atoms with Crippen LogP contribution in [0.25, 0.3) is 0 Å². The predicted molar refractivity (Wildman–Crippen MR) is 46.7 cm³/mol. The minimum Gasteiger partial charge on any atom is -0.384 e. The Morgan fingerprint density at radius 3 is 2.83 bits per heavy atom. The highest BCUT2D eigenvalue weighted by Gasteiger charge is 2.34. The molecule has 0 spiro atoms. The molecule has 1 saturated heterocycles. The van der Waals surface area contributed by atoms with E-state index in [0.717, 1.165) is 13.2 Å². The molecule has 0 radical (unpaired) electrons. The number of methoxy groups -OCH3 is 1. The summed E-state index contributed by atoms with van der Waals surface area (Å²) < 4.78 is 5.06. The number of ether oxygens (including phenoxy) is 1. The number of amides is 1. The lowest BCUT2D eigenvalue weighted by atomic mass is 9.86. The van der Waals surface area contributed by atoms with Crippen LogP contribution in [0.3, 0.4) is 0 Å². The van der Waals surface area contributed by atoms with Crippen LogP contribution < -0.4 is 5.32 Å². The molecule has 3 heteroatoms. The van der Waals surface area contributed by atoms with Crippen LogP contribution in [0.4, 0.5) is 0 Å². The summed E-state index contributed by atoms with van der Waals surface area (Å²) in [7, 11) is 1.70. The summed E-state index contributed by atoms with van der Waals surface area (Å²) in [6.07, 6.45) is 0. The van der Waals surface area contributed by atoms with E-state index in [1.807, 2.05) is 6.92 Å². The first-order valence-electron chi connectivity index (χ1n) is 4.43. The standard InChI is InChI=1S/C9H17NO2/c1-6(5-12-3)8-4-10-9(11)7(8)2/h6-8H,4-5H2,1-3H3,(H,10,11). The van der Waals surface area contributed by atoms with E-state index in [2.05, 4.69) is 12.2 Å².